The Bertz CT molecular complexity index is 599. The second kappa shape index (κ2) is 4.42. The van der Waals surface area contributed by atoms with E-state index in [-0.39, 0.29) is 0 Å². The van der Waals surface area contributed by atoms with E-state index in [0.717, 1.165) is 23.7 Å². The Morgan fingerprint density at radius 1 is 1.06 bits per heavy atom. The molecule has 0 saturated carbocycles. The second-order valence-electron chi connectivity index (χ2n) is 4.13. The van der Waals surface area contributed by atoms with E-state index >= 15 is 0 Å². The highest BCUT2D eigenvalue weighted by molar-refractivity contribution is 5.70. The van der Waals surface area contributed by atoms with Crippen molar-refractivity contribution in [1.82, 2.24) is 0 Å². The number of para-hydroxylation sites is 2. The first-order chi connectivity index (χ1) is 8.88. The maximum Gasteiger partial charge on any atom is 0.143 e. The van der Waals surface area contributed by atoms with Gasteiger partial charge in [-0.05, 0) is 36.4 Å². The van der Waals surface area contributed by atoms with Crippen LogP contribution >= 0.6 is 0 Å². The molecule has 1 heterocycles. The molecule has 1 aliphatic heterocycles. The molecule has 0 N–H and O–H groups in total. The predicted molar refractivity (Wildman–Crippen MR) is 70.1 cm³/mol. The van der Waals surface area contributed by atoms with Gasteiger partial charge in [0.2, 0.25) is 0 Å². The molecule has 2 aromatic carbocycles. The second-order valence-corrected chi connectivity index (χ2v) is 4.13. The number of benzene rings is 2. The van der Waals surface area contributed by atoms with Gasteiger partial charge in [-0.25, -0.2) is 0 Å². The Kier molecular flexibility index (Phi) is 2.62. The maximum atomic E-state index is 8.81. The Morgan fingerprint density at radius 2 is 1.83 bits per heavy atom. The lowest BCUT2D eigenvalue weighted by molar-refractivity contribution is 0.314. The summed E-state index contributed by atoms with van der Waals surface area (Å²) in [5, 5.41) is 8.81. The molecule has 88 valence electrons. The van der Waals surface area contributed by atoms with Crippen LogP contribution < -0.4 is 9.64 Å². The molecular weight excluding hydrogens is 224 g/mol. The first-order valence-corrected chi connectivity index (χ1v) is 5.88. The van der Waals surface area contributed by atoms with E-state index in [1.807, 2.05) is 48.5 Å². The molecule has 0 bridgehead atoms. The van der Waals surface area contributed by atoms with Crippen molar-refractivity contribution in [1.29, 1.82) is 5.26 Å². The van der Waals surface area contributed by atoms with Gasteiger partial charge in [0.25, 0.3) is 0 Å². The molecule has 0 radical (unpaired) electrons. The molecule has 2 aromatic rings. The van der Waals surface area contributed by atoms with E-state index in [9.17, 15) is 0 Å². The van der Waals surface area contributed by atoms with Crippen molar-refractivity contribution in [2.45, 2.75) is 0 Å². The Morgan fingerprint density at radius 3 is 2.61 bits per heavy atom. The van der Waals surface area contributed by atoms with Crippen LogP contribution in [0, 0.1) is 11.3 Å². The highest BCUT2D eigenvalue weighted by atomic mass is 16.5. The third-order valence-electron chi connectivity index (χ3n) is 3.04. The fraction of sp³-hybridized carbons (Fsp3) is 0.133. The van der Waals surface area contributed by atoms with Crippen molar-refractivity contribution in [2.75, 3.05) is 18.1 Å². The molecule has 0 spiro atoms. The molecule has 3 nitrogen and oxygen atoms in total. The van der Waals surface area contributed by atoms with E-state index in [1.54, 1.807) is 0 Å². The first kappa shape index (κ1) is 10.7. The van der Waals surface area contributed by atoms with Crippen LogP contribution in [-0.2, 0) is 0 Å². The molecule has 0 aromatic heterocycles. The normalized spacial score (nSPS) is 13.4. The number of fused-ring (bicyclic) bond motifs is 1. The van der Waals surface area contributed by atoms with Crippen molar-refractivity contribution < 1.29 is 4.74 Å². The molecule has 0 atom stereocenters. The zero-order chi connectivity index (χ0) is 12.4. The van der Waals surface area contributed by atoms with Crippen molar-refractivity contribution in [3.63, 3.8) is 0 Å². The smallest absolute Gasteiger partial charge is 0.143 e. The van der Waals surface area contributed by atoms with Crippen LogP contribution in [0.4, 0.5) is 11.4 Å². The van der Waals surface area contributed by atoms with Crippen LogP contribution in [0.15, 0.2) is 48.5 Å². The third kappa shape index (κ3) is 1.78. The molecule has 0 aliphatic carbocycles. The number of nitriles is 1. The number of hydrogen-bond donors (Lipinski definition) is 0. The highest BCUT2D eigenvalue weighted by Gasteiger charge is 2.18. The molecule has 0 fully saturated rings. The number of anilines is 2. The van der Waals surface area contributed by atoms with Crippen LogP contribution in [-0.4, -0.2) is 13.2 Å². The van der Waals surface area contributed by atoms with Gasteiger partial charge in [0.05, 0.1) is 23.9 Å². The lowest BCUT2D eigenvalue weighted by Crippen LogP contribution is -2.28. The molecule has 0 amide bonds. The van der Waals surface area contributed by atoms with Crippen LogP contribution in [0.5, 0.6) is 5.75 Å². The van der Waals surface area contributed by atoms with Crippen molar-refractivity contribution in [3.8, 4) is 11.8 Å². The predicted octanol–water partition coefficient (Wildman–Crippen LogP) is 3.09. The standard InChI is InChI=1S/C15H12N2O/c16-11-12-5-7-13(8-6-12)17-9-10-18-15-4-2-1-3-14(15)17/h1-8H,9-10H2. The zero-order valence-corrected chi connectivity index (χ0v) is 9.84. The minimum atomic E-state index is 0.678. The summed E-state index contributed by atoms with van der Waals surface area (Å²) in [6.07, 6.45) is 0. The van der Waals surface area contributed by atoms with Crippen LogP contribution in [0.2, 0.25) is 0 Å². The SMILES string of the molecule is N#Cc1ccc(N2CCOc3ccccc32)cc1. The van der Waals surface area contributed by atoms with Crippen molar-refractivity contribution >= 4 is 11.4 Å². The van der Waals surface area contributed by atoms with Crippen LogP contribution in [0.25, 0.3) is 0 Å². The van der Waals surface area contributed by atoms with Crippen LogP contribution in [0.1, 0.15) is 5.56 Å². The van der Waals surface area contributed by atoms with Gasteiger partial charge in [-0.1, -0.05) is 12.1 Å². The summed E-state index contributed by atoms with van der Waals surface area (Å²) >= 11 is 0. The summed E-state index contributed by atoms with van der Waals surface area (Å²) in [7, 11) is 0. The summed E-state index contributed by atoms with van der Waals surface area (Å²) in [6, 6.07) is 17.8. The number of ether oxygens (including phenoxy) is 1. The third-order valence-corrected chi connectivity index (χ3v) is 3.04. The van der Waals surface area contributed by atoms with Gasteiger partial charge in [0, 0.05) is 5.69 Å². The van der Waals surface area contributed by atoms with Gasteiger partial charge in [0.15, 0.2) is 0 Å². The topological polar surface area (TPSA) is 36.3 Å². The molecule has 0 saturated heterocycles. The monoisotopic (exact) mass is 236 g/mol. The van der Waals surface area contributed by atoms with Crippen molar-refractivity contribution in [2.24, 2.45) is 0 Å². The molecule has 18 heavy (non-hydrogen) atoms. The number of rotatable bonds is 1. The number of hydrogen-bond acceptors (Lipinski definition) is 3. The average molecular weight is 236 g/mol. The Labute approximate surface area is 106 Å². The van der Waals surface area contributed by atoms with Crippen molar-refractivity contribution in [3.05, 3.63) is 54.1 Å². The molecule has 3 rings (SSSR count). The van der Waals surface area contributed by atoms with E-state index in [0.29, 0.717) is 12.2 Å². The van der Waals surface area contributed by atoms with Crippen LogP contribution in [0.3, 0.4) is 0 Å². The summed E-state index contributed by atoms with van der Waals surface area (Å²) in [5.41, 5.74) is 2.85. The molecule has 3 heteroatoms. The van der Waals surface area contributed by atoms with E-state index in [4.69, 9.17) is 10.00 Å². The lowest BCUT2D eigenvalue weighted by atomic mass is 10.1. The van der Waals surface area contributed by atoms with E-state index < -0.39 is 0 Å². The average Bonchev–Trinajstić information content (AvgIpc) is 2.47. The summed E-state index contributed by atoms with van der Waals surface area (Å²) in [6.45, 7) is 1.50. The summed E-state index contributed by atoms with van der Waals surface area (Å²) in [4.78, 5) is 2.21. The quantitative estimate of drug-likeness (QED) is 0.763. The fourth-order valence-electron chi connectivity index (χ4n) is 2.15. The fourth-order valence-corrected chi connectivity index (χ4v) is 2.15. The van der Waals surface area contributed by atoms with E-state index in [1.165, 1.54) is 0 Å². The minimum absolute atomic E-state index is 0.678. The lowest BCUT2D eigenvalue weighted by Gasteiger charge is -2.31. The van der Waals surface area contributed by atoms with Gasteiger partial charge in [-0.15, -0.1) is 0 Å². The Hall–Kier alpha value is -2.47. The summed E-state index contributed by atoms with van der Waals surface area (Å²) in [5.74, 6) is 0.910. The number of nitrogens with zero attached hydrogens (tertiary/aromatic N) is 2. The molecule has 0 unspecified atom stereocenters. The minimum Gasteiger partial charge on any atom is -0.490 e. The van der Waals surface area contributed by atoms with Gasteiger partial charge in [0.1, 0.15) is 12.4 Å². The van der Waals surface area contributed by atoms with Gasteiger partial charge >= 0.3 is 0 Å². The van der Waals surface area contributed by atoms with Gasteiger partial charge in [-0.3, -0.25) is 0 Å². The maximum absolute atomic E-state index is 8.81. The van der Waals surface area contributed by atoms with E-state index in [2.05, 4.69) is 11.0 Å². The molecular formula is C15H12N2O. The van der Waals surface area contributed by atoms with Gasteiger partial charge in [-0.2, -0.15) is 5.26 Å². The zero-order valence-electron chi connectivity index (χ0n) is 9.84. The first-order valence-electron chi connectivity index (χ1n) is 5.88. The Balaban J connectivity index is 2.00. The highest BCUT2D eigenvalue weighted by Crippen LogP contribution is 2.35. The molecule has 1 aliphatic rings. The largest absolute Gasteiger partial charge is 0.490 e. The summed E-state index contributed by atoms with van der Waals surface area (Å²) < 4.78 is 5.63. The van der Waals surface area contributed by atoms with Gasteiger partial charge < -0.3 is 9.64 Å².